The maximum Gasteiger partial charge on any atom is 0.306 e. The Kier molecular flexibility index (Phi) is 16.4. The standard InChI is InChI=1S/C26H47NO3/c1-2-3-4-5-6-7-8-9-10-11-12-13-14-15-16-17-25(28)27-22-23-18-20-24(21-19-23)26(29)30/h9-10,23-24H,2-8,11-22H2,1H3,(H,27,28)(H,29,30)/t23-,24-. The minimum absolute atomic E-state index is 0.160. The molecular formula is C26H47NO3. The lowest BCUT2D eigenvalue weighted by molar-refractivity contribution is -0.143. The largest absolute Gasteiger partial charge is 0.481 e. The quantitative estimate of drug-likeness (QED) is 0.184. The van der Waals surface area contributed by atoms with E-state index in [1.54, 1.807) is 0 Å². The highest BCUT2D eigenvalue weighted by Gasteiger charge is 2.25. The highest BCUT2D eigenvalue weighted by molar-refractivity contribution is 5.75. The van der Waals surface area contributed by atoms with Crippen LogP contribution in [-0.2, 0) is 9.59 Å². The molecule has 0 aromatic heterocycles. The number of carbonyl (C=O) groups excluding carboxylic acids is 1. The first-order valence-electron chi connectivity index (χ1n) is 12.8. The Labute approximate surface area is 185 Å². The maximum atomic E-state index is 12.0. The summed E-state index contributed by atoms with van der Waals surface area (Å²) in [6, 6.07) is 0. The molecule has 4 heteroatoms. The van der Waals surface area contributed by atoms with Gasteiger partial charge in [0.15, 0.2) is 0 Å². The predicted octanol–water partition coefficient (Wildman–Crippen LogP) is 7.03. The van der Waals surface area contributed by atoms with Crippen molar-refractivity contribution < 1.29 is 14.7 Å². The number of nitrogens with one attached hydrogen (secondary N) is 1. The Morgan fingerprint density at radius 3 is 1.90 bits per heavy atom. The number of unbranched alkanes of at least 4 members (excludes halogenated alkanes) is 11. The molecule has 0 heterocycles. The molecule has 30 heavy (non-hydrogen) atoms. The van der Waals surface area contributed by atoms with Crippen molar-refractivity contribution in [1.29, 1.82) is 0 Å². The molecular weight excluding hydrogens is 374 g/mol. The van der Waals surface area contributed by atoms with E-state index >= 15 is 0 Å². The molecule has 1 amide bonds. The number of aliphatic carboxylic acids is 1. The van der Waals surface area contributed by atoms with Crippen LogP contribution >= 0.6 is 0 Å². The van der Waals surface area contributed by atoms with E-state index in [-0.39, 0.29) is 11.8 Å². The zero-order valence-corrected chi connectivity index (χ0v) is 19.5. The molecule has 1 aliphatic rings. The number of carboxylic acid groups (broad SMARTS) is 1. The van der Waals surface area contributed by atoms with E-state index in [2.05, 4.69) is 24.4 Å². The molecule has 0 aliphatic heterocycles. The molecule has 0 spiro atoms. The summed E-state index contributed by atoms with van der Waals surface area (Å²) < 4.78 is 0. The topological polar surface area (TPSA) is 66.4 Å². The van der Waals surface area contributed by atoms with Crippen LogP contribution in [0, 0.1) is 11.8 Å². The van der Waals surface area contributed by atoms with Gasteiger partial charge in [0.2, 0.25) is 5.91 Å². The lowest BCUT2D eigenvalue weighted by Crippen LogP contribution is -2.32. The van der Waals surface area contributed by atoms with E-state index in [1.807, 2.05) is 0 Å². The second kappa shape index (κ2) is 18.4. The molecule has 1 fully saturated rings. The van der Waals surface area contributed by atoms with Crippen LogP contribution in [0.15, 0.2) is 12.2 Å². The number of hydrogen-bond donors (Lipinski definition) is 2. The van der Waals surface area contributed by atoms with Gasteiger partial charge in [-0.15, -0.1) is 0 Å². The van der Waals surface area contributed by atoms with Crippen molar-refractivity contribution in [3.8, 4) is 0 Å². The van der Waals surface area contributed by atoms with Crippen LogP contribution in [0.3, 0.4) is 0 Å². The van der Waals surface area contributed by atoms with Gasteiger partial charge < -0.3 is 10.4 Å². The van der Waals surface area contributed by atoms with Crippen molar-refractivity contribution in [2.75, 3.05) is 6.54 Å². The number of hydrogen-bond acceptors (Lipinski definition) is 2. The van der Waals surface area contributed by atoms with E-state index in [9.17, 15) is 9.59 Å². The van der Waals surface area contributed by atoms with Crippen LogP contribution < -0.4 is 5.32 Å². The fourth-order valence-corrected chi connectivity index (χ4v) is 4.32. The third-order valence-electron chi connectivity index (χ3n) is 6.45. The molecule has 0 atom stereocenters. The summed E-state index contributed by atoms with van der Waals surface area (Å²) in [5.74, 6) is -0.221. The van der Waals surface area contributed by atoms with E-state index in [4.69, 9.17) is 5.11 Å². The fourth-order valence-electron chi connectivity index (χ4n) is 4.32. The van der Waals surface area contributed by atoms with Gasteiger partial charge in [0, 0.05) is 13.0 Å². The highest BCUT2D eigenvalue weighted by Crippen LogP contribution is 2.28. The molecule has 0 saturated heterocycles. The summed E-state index contributed by atoms with van der Waals surface area (Å²) >= 11 is 0. The third-order valence-corrected chi connectivity index (χ3v) is 6.45. The normalized spacial score (nSPS) is 19.2. The first-order valence-corrected chi connectivity index (χ1v) is 12.8. The Bertz CT molecular complexity index is 467. The van der Waals surface area contributed by atoms with E-state index in [1.165, 1.54) is 70.6 Å². The van der Waals surface area contributed by atoms with E-state index in [0.29, 0.717) is 12.3 Å². The van der Waals surface area contributed by atoms with Gasteiger partial charge in [-0.2, -0.15) is 0 Å². The lowest BCUT2D eigenvalue weighted by Gasteiger charge is -2.26. The number of rotatable bonds is 18. The molecule has 0 unspecified atom stereocenters. The van der Waals surface area contributed by atoms with Crippen molar-refractivity contribution in [2.45, 2.75) is 122 Å². The Hall–Kier alpha value is -1.32. The third kappa shape index (κ3) is 14.6. The van der Waals surface area contributed by atoms with Crippen molar-refractivity contribution in [3.63, 3.8) is 0 Å². The number of carbonyl (C=O) groups is 2. The van der Waals surface area contributed by atoms with Gasteiger partial charge >= 0.3 is 5.97 Å². The summed E-state index contributed by atoms with van der Waals surface area (Å²) in [4.78, 5) is 23.0. The molecule has 1 saturated carbocycles. The SMILES string of the molecule is CCCCCCCCC=CCCCCCCCC(=O)NC[C@H]1CC[C@H](C(=O)O)CC1. The second-order valence-corrected chi connectivity index (χ2v) is 9.19. The zero-order valence-electron chi connectivity index (χ0n) is 19.5. The van der Waals surface area contributed by atoms with Crippen LogP contribution in [0.1, 0.15) is 122 Å². The predicted molar refractivity (Wildman–Crippen MR) is 126 cm³/mol. The fraction of sp³-hybridized carbons (Fsp3) is 0.846. The molecule has 0 radical (unpaired) electrons. The summed E-state index contributed by atoms with van der Waals surface area (Å²) in [5, 5.41) is 12.1. The van der Waals surface area contributed by atoms with E-state index < -0.39 is 5.97 Å². The number of allylic oxidation sites excluding steroid dienone is 2. The van der Waals surface area contributed by atoms with Crippen LogP contribution in [0.5, 0.6) is 0 Å². The van der Waals surface area contributed by atoms with Crippen LogP contribution in [-0.4, -0.2) is 23.5 Å². The van der Waals surface area contributed by atoms with E-state index in [0.717, 1.165) is 45.1 Å². The summed E-state index contributed by atoms with van der Waals surface area (Å²) in [6.07, 6.45) is 25.2. The smallest absolute Gasteiger partial charge is 0.306 e. The molecule has 4 nitrogen and oxygen atoms in total. The minimum Gasteiger partial charge on any atom is -0.481 e. The maximum absolute atomic E-state index is 12.0. The van der Waals surface area contributed by atoms with Crippen molar-refractivity contribution >= 4 is 11.9 Å². The highest BCUT2D eigenvalue weighted by atomic mass is 16.4. The second-order valence-electron chi connectivity index (χ2n) is 9.19. The Balaban J connectivity index is 1.84. The monoisotopic (exact) mass is 421 g/mol. The van der Waals surface area contributed by atoms with Crippen LogP contribution in [0.25, 0.3) is 0 Å². The van der Waals surface area contributed by atoms with Crippen molar-refractivity contribution in [3.05, 3.63) is 12.2 Å². The minimum atomic E-state index is -0.665. The molecule has 0 aromatic rings. The van der Waals surface area contributed by atoms with Crippen LogP contribution in [0.4, 0.5) is 0 Å². The molecule has 1 aliphatic carbocycles. The number of carboxylic acids is 1. The van der Waals surface area contributed by atoms with Gasteiger partial charge in [-0.25, -0.2) is 0 Å². The van der Waals surface area contributed by atoms with Crippen molar-refractivity contribution in [2.24, 2.45) is 11.8 Å². The molecule has 2 N–H and O–H groups in total. The average molecular weight is 422 g/mol. The first kappa shape index (κ1) is 26.7. The number of amides is 1. The molecule has 1 rings (SSSR count). The molecule has 0 aromatic carbocycles. The summed E-state index contributed by atoms with van der Waals surface area (Å²) in [7, 11) is 0. The van der Waals surface area contributed by atoms with Crippen molar-refractivity contribution in [1.82, 2.24) is 5.32 Å². The van der Waals surface area contributed by atoms with Crippen LogP contribution in [0.2, 0.25) is 0 Å². The van der Waals surface area contributed by atoms with Gasteiger partial charge in [0.25, 0.3) is 0 Å². The average Bonchev–Trinajstić information content (AvgIpc) is 2.75. The van der Waals surface area contributed by atoms with Gasteiger partial charge in [0.1, 0.15) is 0 Å². The first-order chi connectivity index (χ1) is 14.6. The van der Waals surface area contributed by atoms with Gasteiger partial charge in [0.05, 0.1) is 5.92 Å². The summed E-state index contributed by atoms with van der Waals surface area (Å²) in [6.45, 7) is 2.98. The Morgan fingerprint density at radius 2 is 1.33 bits per heavy atom. The Morgan fingerprint density at radius 1 is 0.800 bits per heavy atom. The van der Waals surface area contributed by atoms with Gasteiger partial charge in [-0.05, 0) is 63.7 Å². The zero-order chi connectivity index (χ0) is 21.9. The van der Waals surface area contributed by atoms with Gasteiger partial charge in [-0.3, -0.25) is 9.59 Å². The molecule has 174 valence electrons. The lowest BCUT2D eigenvalue weighted by atomic mass is 9.82. The summed E-state index contributed by atoms with van der Waals surface area (Å²) in [5.41, 5.74) is 0. The molecule has 0 bridgehead atoms. The van der Waals surface area contributed by atoms with Gasteiger partial charge in [-0.1, -0.05) is 70.4 Å².